The molecule has 2 rings (SSSR count). The van der Waals surface area contributed by atoms with Crippen molar-refractivity contribution in [3.8, 4) is 5.88 Å². The second kappa shape index (κ2) is 12.5. The van der Waals surface area contributed by atoms with E-state index in [9.17, 15) is 4.39 Å². The van der Waals surface area contributed by atoms with Crippen LogP contribution in [0.5, 0.6) is 5.88 Å². The second-order valence-corrected chi connectivity index (χ2v) is 5.44. The second-order valence-electron chi connectivity index (χ2n) is 5.44. The first-order chi connectivity index (χ1) is 12.2. The molecule has 142 valence electrons. The summed E-state index contributed by atoms with van der Waals surface area (Å²) in [4.78, 5) is 8.72. The van der Waals surface area contributed by atoms with Crippen LogP contribution in [0.1, 0.15) is 25.0 Å². The molecular formula is C19H26FIN4O. The van der Waals surface area contributed by atoms with E-state index in [1.165, 1.54) is 6.07 Å². The van der Waals surface area contributed by atoms with Crippen LogP contribution in [0.4, 0.5) is 4.39 Å². The molecule has 0 unspecified atom stereocenters. The Bertz CT molecular complexity index is 697. The Kier molecular flexibility index (Phi) is 10.6. The number of guanidine groups is 1. The highest BCUT2D eigenvalue weighted by Crippen LogP contribution is 2.10. The number of rotatable bonds is 8. The maximum Gasteiger partial charge on any atom is 0.213 e. The molecule has 1 heterocycles. The predicted octanol–water partition coefficient (Wildman–Crippen LogP) is 3.54. The van der Waals surface area contributed by atoms with Crippen LogP contribution in [-0.4, -0.2) is 30.6 Å². The van der Waals surface area contributed by atoms with Crippen LogP contribution >= 0.6 is 24.0 Å². The molecule has 0 saturated heterocycles. The van der Waals surface area contributed by atoms with Crippen LogP contribution in [0.15, 0.2) is 47.6 Å². The molecule has 0 amide bonds. The number of aliphatic imine (C=N–C) groups is 1. The number of hydrogen-bond acceptors (Lipinski definition) is 3. The van der Waals surface area contributed by atoms with Gasteiger partial charge >= 0.3 is 0 Å². The summed E-state index contributed by atoms with van der Waals surface area (Å²) in [6, 6.07) is 10.5. The summed E-state index contributed by atoms with van der Waals surface area (Å²) in [7, 11) is 0. The van der Waals surface area contributed by atoms with E-state index in [1.54, 1.807) is 18.3 Å². The van der Waals surface area contributed by atoms with Gasteiger partial charge in [-0.3, -0.25) is 0 Å². The van der Waals surface area contributed by atoms with E-state index in [0.29, 0.717) is 25.6 Å². The van der Waals surface area contributed by atoms with Crippen LogP contribution < -0.4 is 15.4 Å². The fourth-order valence-corrected chi connectivity index (χ4v) is 2.31. The molecular weight excluding hydrogens is 446 g/mol. The van der Waals surface area contributed by atoms with E-state index in [4.69, 9.17) is 4.74 Å². The highest BCUT2D eigenvalue weighted by Gasteiger charge is 2.01. The third kappa shape index (κ3) is 7.99. The van der Waals surface area contributed by atoms with Gasteiger partial charge in [0.05, 0.1) is 13.2 Å². The first kappa shape index (κ1) is 22.1. The monoisotopic (exact) mass is 472 g/mol. The summed E-state index contributed by atoms with van der Waals surface area (Å²) in [6.45, 7) is 6.51. The molecule has 0 radical (unpaired) electrons. The van der Waals surface area contributed by atoms with Gasteiger partial charge in [0.1, 0.15) is 5.82 Å². The molecule has 1 aromatic carbocycles. The van der Waals surface area contributed by atoms with Gasteiger partial charge in [-0.15, -0.1) is 24.0 Å². The van der Waals surface area contributed by atoms with Crippen molar-refractivity contribution in [1.82, 2.24) is 15.6 Å². The number of hydrogen-bond donors (Lipinski definition) is 2. The van der Waals surface area contributed by atoms with Crippen molar-refractivity contribution >= 4 is 29.9 Å². The minimum absolute atomic E-state index is 0. The number of pyridine rings is 1. The first-order valence-corrected chi connectivity index (χ1v) is 8.55. The molecule has 7 heteroatoms. The van der Waals surface area contributed by atoms with E-state index < -0.39 is 0 Å². The van der Waals surface area contributed by atoms with Gasteiger partial charge in [-0.2, -0.15) is 0 Å². The zero-order chi connectivity index (χ0) is 17.9. The Balaban J connectivity index is 0.00000338. The lowest BCUT2D eigenvalue weighted by Crippen LogP contribution is -2.38. The van der Waals surface area contributed by atoms with E-state index in [0.717, 1.165) is 30.1 Å². The van der Waals surface area contributed by atoms with Gasteiger partial charge in [0.15, 0.2) is 5.96 Å². The van der Waals surface area contributed by atoms with Crippen LogP contribution in [0, 0.1) is 5.82 Å². The minimum Gasteiger partial charge on any atom is -0.478 e. The van der Waals surface area contributed by atoms with Crippen LogP contribution in [0.25, 0.3) is 0 Å². The Morgan fingerprint density at radius 3 is 2.73 bits per heavy atom. The lowest BCUT2D eigenvalue weighted by Gasteiger charge is -2.11. The van der Waals surface area contributed by atoms with Crippen molar-refractivity contribution in [1.29, 1.82) is 0 Å². The highest BCUT2D eigenvalue weighted by atomic mass is 127. The van der Waals surface area contributed by atoms with Crippen LogP contribution in [0.3, 0.4) is 0 Å². The van der Waals surface area contributed by atoms with Crippen molar-refractivity contribution in [2.45, 2.75) is 26.8 Å². The summed E-state index contributed by atoms with van der Waals surface area (Å²) in [5, 5.41) is 6.48. The molecule has 0 aliphatic rings. The number of nitrogens with zero attached hydrogens (tertiary/aromatic N) is 2. The first-order valence-electron chi connectivity index (χ1n) is 8.55. The molecule has 0 aliphatic carbocycles. The quantitative estimate of drug-likeness (QED) is 0.351. The Labute approximate surface area is 171 Å². The van der Waals surface area contributed by atoms with Gasteiger partial charge in [0, 0.05) is 25.4 Å². The standard InChI is InChI=1S/C19H25FN4O.HI/c1-3-21-19(23-11-8-15-6-5-7-17(20)12-15)24-14-16-9-10-22-18(13-16)25-4-2;/h5-7,9-10,12-13H,3-4,8,11,14H2,1-2H3,(H2,21,23,24);1H. The van der Waals surface area contributed by atoms with Gasteiger partial charge < -0.3 is 15.4 Å². The summed E-state index contributed by atoms with van der Waals surface area (Å²) in [6.07, 6.45) is 2.45. The zero-order valence-electron chi connectivity index (χ0n) is 15.2. The number of benzene rings is 1. The maximum atomic E-state index is 13.2. The van der Waals surface area contributed by atoms with Gasteiger partial charge in [0.2, 0.25) is 5.88 Å². The molecule has 0 saturated carbocycles. The molecule has 0 fully saturated rings. The summed E-state index contributed by atoms with van der Waals surface area (Å²) in [5.41, 5.74) is 1.99. The summed E-state index contributed by atoms with van der Waals surface area (Å²) < 4.78 is 18.6. The average Bonchev–Trinajstić information content (AvgIpc) is 2.60. The Hall–Kier alpha value is -1.90. The molecule has 2 N–H and O–H groups in total. The van der Waals surface area contributed by atoms with E-state index in [-0.39, 0.29) is 29.8 Å². The molecule has 0 spiro atoms. The number of aromatic nitrogens is 1. The number of nitrogens with one attached hydrogen (secondary N) is 2. The summed E-state index contributed by atoms with van der Waals surface area (Å²) >= 11 is 0. The lowest BCUT2D eigenvalue weighted by molar-refractivity contribution is 0.326. The molecule has 5 nitrogen and oxygen atoms in total. The smallest absolute Gasteiger partial charge is 0.213 e. The van der Waals surface area contributed by atoms with Crippen molar-refractivity contribution < 1.29 is 9.13 Å². The molecule has 26 heavy (non-hydrogen) atoms. The topological polar surface area (TPSA) is 58.5 Å². The van der Waals surface area contributed by atoms with Gasteiger partial charge in [-0.1, -0.05) is 12.1 Å². The summed E-state index contributed by atoms with van der Waals surface area (Å²) in [5.74, 6) is 1.13. The predicted molar refractivity (Wildman–Crippen MR) is 114 cm³/mol. The van der Waals surface area contributed by atoms with Crippen molar-refractivity contribution in [3.05, 3.63) is 59.5 Å². The molecule has 0 atom stereocenters. The minimum atomic E-state index is -0.208. The van der Waals surface area contributed by atoms with Gasteiger partial charge in [-0.25, -0.2) is 14.4 Å². The maximum absolute atomic E-state index is 13.2. The molecule has 1 aromatic heterocycles. The normalized spacial score (nSPS) is 10.8. The van der Waals surface area contributed by atoms with E-state index in [1.807, 2.05) is 32.0 Å². The van der Waals surface area contributed by atoms with Crippen molar-refractivity contribution in [2.24, 2.45) is 4.99 Å². The Morgan fingerprint density at radius 1 is 1.15 bits per heavy atom. The van der Waals surface area contributed by atoms with E-state index in [2.05, 4.69) is 20.6 Å². The molecule has 0 aliphatic heterocycles. The molecule has 0 bridgehead atoms. The SMILES string of the molecule is CCNC(=NCc1ccnc(OCC)c1)NCCc1cccc(F)c1.I. The third-order valence-corrected chi connectivity index (χ3v) is 3.45. The van der Waals surface area contributed by atoms with E-state index >= 15 is 0 Å². The largest absolute Gasteiger partial charge is 0.478 e. The van der Waals surface area contributed by atoms with Crippen LogP contribution in [-0.2, 0) is 13.0 Å². The van der Waals surface area contributed by atoms with Crippen molar-refractivity contribution in [3.63, 3.8) is 0 Å². The fourth-order valence-electron chi connectivity index (χ4n) is 2.31. The highest BCUT2D eigenvalue weighted by molar-refractivity contribution is 14.0. The number of halogens is 2. The van der Waals surface area contributed by atoms with Gasteiger partial charge in [-0.05, 0) is 49.6 Å². The van der Waals surface area contributed by atoms with Crippen molar-refractivity contribution in [2.75, 3.05) is 19.7 Å². The number of ether oxygens (including phenoxy) is 1. The van der Waals surface area contributed by atoms with Gasteiger partial charge in [0.25, 0.3) is 0 Å². The Morgan fingerprint density at radius 2 is 2.00 bits per heavy atom. The lowest BCUT2D eigenvalue weighted by atomic mass is 10.1. The third-order valence-electron chi connectivity index (χ3n) is 3.45. The molecule has 2 aromatic rings. The van der Waals surface area contributed by atoms with Crippen LogP contribution in [0.2, 0.25) is 0 Å². The fraction of sp³-hybridized carbons (Fsp3) is 0.368. The average molecular weight is 472 g/mol. The zero-order valence-corrected chi connectivity index (χ0v) is 17.5.